The molecule has 0 amide bonds. The van der Waals surface area contributed by atoms with Crippen LogP contribution in [-0.2, 0) is 0 Å². The molecule has 2 aromatic heterocycles. The molecule has 0 radical (unpaired) electrons. The normalized spacial score (nSPS) is 12.6. The molecule has 320 valence electrons. The van der Waals surface area contributed by atoms with Gasteiger partial charge in [-0.2, -0.15) is 0 Å². The summed E-state index contributed by atoms with van der Waals surface area (Å²) in [4.78, 5) is 0. The van der Waals surface area contributed by atoms with Gasteiger partial charge in [-0.05, 0) is 141 Å². The van der Waals surface area contributed by atoms with Crippen molar-refractivity contribution in [1.82, 2.24) is 9.13 Å². The molecule has 1 aliphatic carbocycles. The minimum absolute atomic E-state index is 1.06. The van der Waals surface area contributed by atoms with Crippen molar-refractivity contribution in [2.24, 2.45) is 0 Å². The topological polar surface area (TPSA) is 9.86 Å². The lowest BCUT2D eigenvalue weighted by atomic mass is 9.92. The van der Waals surface area contributed by atoms with E-state index in [2.05, 4.69) is 264 Å². The predicted octanol–water partition coefficient (Wildman–Crippen LogP) is 17.9. The van der Waals surface area contributed by atoms with Crippen LogP contribution in [0.5, 0.6) is 0 Å². The van der Waals surface area contributed by atoms with E-state index in [1.807, 2.05) is 0 Å². The molecule has 0 atom stereocenters. The van der Waals surface area contributed by atoms with Crippen LogP contribution >= 0.6 is 0 Å². The lowest BCUT2D eigenvalue weighted by Crippen LogP contribution is -1.97. The number of para-hydroxylation sites is 1. The van der Waals surface area contributed by atoms with Gasteiger partial charge >= 0.3 is 0 Å². The zero-order valence-corrected chi connectivity index (χ0v) is 37.6. The van der Waals surface area contributed by atoms with Gasteiger partial charge in [0.25, 0.3) is 0 Å². The van der Waals surface area contributed by atoms with Crippen LogP contribution in [0.1, 0.15) is 18.4 Å². The molecule has 0 unspecified atom stereocenters. The number of hydrogen-bond acceptors (Lipinski definition) is 0. The first kappa shape index (κ1) is 39.6. The Morgan fingerprint density at radius 2 is 0.809 bits per heavy atom. The van der Waals surface area contributed by atoms with Crippen molar-refractivity contribution in [1.29, 1.82) is 0 Å². The molecule has 0 aliphatic heterocycles. The minimum Gasteiger partial charge on any atom is -0.309 e. The van der Waals surface area contributed by atoms with E-state index in [4.69, 9.17) is 0 Å². The van der Waals surface area contributed by atoms with Gasteiger partial charge in [-0.1, -0.05) is 188 Å². The number of rotatable bonds is 8. The number of allylic oxidation sites excluding steroid dienone is 4. The third kappa shape index (κ3) is 6.81. The zero-order chi connectivity index (χ0) is 45.0. The van der Waals surface area contributed by atoms with Gasteiger partial charge in [0.15, 0.2) is 0 Å². The number of nitrogens with zero attached hydrogens (tertiary/aromatic N) is 2. The van der Waals surface area contributed by atoms with Crippen molar-refractivity contribution >= 4 is 49.2 Å². The van der Waals surface area contributed by atoms with Crippen LogP contribution in [0.3, 0.4) is 0 Å². The van der Waals surface area contributed by atoms with Crippen molar-refractivity contribution in [3.05, 3.63) is 260 Å². The molecular formula is C66H46N2. The van der Waals surface area contributed by atoms with E-state index >= 15 is 0 Å². The van der Waals surface area contributed by atoms with Gasteiger partial charge in [0, 0.05) is 32.8 Å². The van der Waals surface area contributed by atoms with E-state index in [1.54, 1.807) is 0 Å². The summed E-state index contributed by atoms with van der Waals surface area (Å²) in [5, 5.41) is 4.95. The van der Waals surface area contributed by atoms with Gasteiger partial charge in [0.05, 0.1) is 27.8 Å². The lowest BCUT2D eigenvalue weighted by molar-refractivity contribution is 1.05. The molecule has 0 bridgehead atoms. The van der Waals surface area contributed by atoms with E-state index in [0.29, 0.717) is 0 Å². The summed E-state index contributed by atoms with van der Waals surface area (Å²) < 4.78 is 4.92. The molecule has 0 fully saturated rings. The summed E-state index contributed by atoms with van der Waals surface area (Å²) in [7, 11) is 0. The number of benzene rings is 10. The van der Waals surface area contributed by atoms with Crippen LogP contribution < -0.4 is 0 Å². The third-order valence-corrected chi connectivity index (χ3v) is 14.0. The van der Waals surface area contributed by atoms with Crippen LogP contribution in [0.25, 0.3) is 116 Å². The molecule has 10 aromatic carbocycles. The van der Waals surface area contributed by atoms with E-state index < -0.39 is 0 Å². The standard InChI is InChI=1S/C66H46N2/c1-5-17-45(18-6-1)48-31-36-55(37-32-48)67-64-40-35-53(44-60(64)66-57(28-16-30-65(66)67)54-26-15-25-50(41-54)46-19-7-2-8-20-46)52-34-39-63-59(43-52)58-42-51(47-21-9-3-10-22-47)33-38-62(58)68(63)61-29-14-13-27-56(61)49-23-11-4-12-24-49/h1-7,9-19,21-44H,8,20H2. The number of aromatic nitrogens is 2. The molecule has 0 N–H and O–H groups in total. The van der Waals surface area contributed by atoms with E-state index in [0.717, 1.165) is 24.2 Å². The van der Waals surface area contributed by atoms with Crippen molar-refractivity contribution in [3.63, 3.8) is 0 Å². The van der Waals surface area contributed by atoms with Crippen molar-refractivity contribution in [2.75, 3.05) is 0 Å². The highest BCUT2D eigenvalue weighted by Crippen LogP contribution is 2.43. The second-order valence-electron chi connectivity index (χ2n) is 18.0. The highest BCUT2D eigenvalue weighted by Gasteiger charge is 2.21. The minimum atomic E-state index is 1.06. The summed E-state index contributed by atoms with van der Waals surface area (Å²) >= 11 is 0. The van der Waals surface area contributed by atoms with Gasteiger partial charge in [-0.25, -0.2) is 0 Å². The molecule has 12 aromatic rings. The maximum absolute atomic E-state index is 2.46. The molecule has 68 heavy (non-hydrogen) atoms. The molecular weight excluding hydrogens is 821 g/mol. The Hall–Kier alpha value is -8.72. The summed E-state index contributed by atoms with van der Waals surface area (Å²) in [6.07, 6.45) is 8.87. The maximum atomic E-state index is 2.46. The fourth-order valence-corrected chi connectivity index (χ4v) is 10.7. The lowest BCUT2D eigenvalue weighted by Gasteiger charge is -2.14. The molecule has 2 nitrogen and oxygen atoms in total. The van der Waals surface area contributed by atoms with Crippen LogP contribution in [0, 0.1) is 0 Å². The van der Waals surface area contributed by atoms with Crippen molar-refractivity contribution in [3.8, 4) is 67.0 Å². The van der Waals surface area contributed by atoms with Crippen LogP contribution in [0.15, 0.2) is 255 Å². The van der Waals surface area contributed by atoms with Gasteiger partial charge in [0.2, 0.25) is 0 Å². The number of hydrogen-bond donors (Lipinski definition) is 0. The summed E-state index contributed by atoms with van der Waals surface area (Å²) in [5.74, 6) is 0. The SMILES string of the molecule is C1=CCCC(c2cccc(-c3cccc4c3c3cc(-c5ccc6c(c5)c5cc(-c7ccccc7)ccc5n6-c5ccccc5-c5ccccc5)ccc3n4-c3ccc(-c4ccccc4)cc3)c2)=C1. The summed E-state index contributed by atoms with van der Waals surface area (Å²) in [5.41, 5.74) is 21.8. The second kappa shape index (κ2) is 16.6. The van der Waals surface area contributed by atoms with Crippen LogP contribution in [0.4, 0.5) is 0 Å². The van der Waals surface area contributed by atoms with E-state index in [1.165, 1.54) is 110 Å². The van der Waals surface area contributed by atoms with Gasteiger partial charge in [-0.15, -0.1) is 0 Å². The largest absolute Gasteiger partial charge is 0.309 e. The zero-order valence-electron chi connectivity index (χ0n) is 37.6. The molecule has 2 heterocycles. The molecule has 0 saturated heterocycles. The second-order valence-corrected chi connectivity index (χ2v) is 18.0. The fourth-order valence-electron chi connectivity index (χ4n) is 10.7. The van der Waals surface area contributed by atoms with Gasteiger partial charge < -0.3 is 9.13 Å². The van der Waals surface area contributed by atoms with E-state index in [-0.39, 0.29) is 0 Å². The maximum Gasteiger partial charge on any atom is 0.0547 e. The Kier molecular flexibility index (Phi) is 9.68. The Balaban J connectivity index is 1.03. The Bertz CT molecular complexity index is 3920. The smallest absolute Gasteiger partial charge is 0.0547 e. The number of fused-ring (bicyclic) bond motifs is 6. The molecule has 13 rings (SSSR count). The predicted molar refractivity (Wildman–Crippen MR) is 289 cm³/mol. The van der Waals surface area contributed by atoms with Gasteiger partial charge in [0.1, 0.15) is 0 Å². The highest BCUT2D eigenvalue weighted by atomic mass is 15.0. The first-order chi connectivity index (χ1) is 33.7. The van der Waals surface area contributed by atoms with Gasteiger partial charge in [-0.3, -0.25) is 0 Å². The highest BCUT2D eigenvalue weighted by molar-refractivity contribution is 6.17. The Morgan fingerprint density at radius 3 is 1.47 bits per heavy atom. The third-order valence-electron chi connectivity index (χ3n) is 14.0. The Labute approximate surface area is 396 Å². The van der Waals surface area contributed by atoms with Crippen molar-refractivity contribution < 1.29 is 0 Å². The van der Waals surface area contributed by atoms with Crippen LogP contribution in [0.2, 0.25) is 0 Å². The quantitative estimate of drug-likeness (QED) is 0.144. The summed E-state index contributed by atoms with van der Waals surface area (Å²) in [6.45, 7) is 0. The molecule has 0 spiro atoms. The molecule has 1 aliphatic rings. The monoisotopic (exact) mass is 866 g/mol. The first-order valence-corrected chi connectivity index (χ1v) is 23.7. The van der Waals surface area contributed by atoms with Crippen LogP contribution in [-0.4, -0.2) is 9.13 Å². The van der Waals surface area contributed by atoms with Crippen molar-refractivity contribution in [2.45, 2.75) is 12.8 Å². The summed E-state index contributed by atoms with van der Waals surface area (Å²) in [6, 6.07) is 87.1. The fraction of sp³-hybridized carbons (Fsp3) is 0.0303. The Morgan fingerprint density at radius 1 is 0.309 bits per heavy atom. The molecule has 2 heteroatoms. The first-order valence-electron chi connectivity index (χ1n) is 23.7. The van der Waals surface area contributed by atoms with E-state index in [9.17, 15) is 0 Å². The molecule has 0 saturated carbocycles. The average Bonchev–Trinajstić information content (AvgIpc) is 3.93. The average molecular weight is 867 g/mol.